The second-order valence-electron chi connectivity index (χ2n) is 6.67. The number of likely N-dealkylation sites (N-methyl/N-ethyl adjacent to an activating group) is 1. The van der Waals surface area contributed by atoms with Crippen molar-refractivity contribution >= 4 is 17.6 Å². The number of halogens is 1. The summed E-state index contributed by atoms with van der Waals surface area (Å²) in [5.41, 5.74) is 5.98. The summed E-state index contributed by atoms with van der Waals surface area (Å²) in [6.45, 7) is 1.69. The van der Waals surface area contributed by atoms with Crippen molar-refractivity contribution in [2.45, 2.75) is 6.04 Å². The fraction of sp³-hybridized carbons (Fsp3) is 0.368. The topological polar surface area (TPSA) is 114 Å². The molecule has 0 unspecified atom stereocenters. The van der Waals surface area contributed by atoms with Gasteiger partial charge in [0.15, 0.2) is 0 Å². The van der Waals surface area contributed by atoms with Crippen LogP contribution in [-0.2, 0) is 4.79 Å². The van der Waals surface area contributed by atoms with E-state index >= 15 is 0 Å². The Bertz CT molecular complexity index is 881. The number of nitrogens with zero attached hydrogens (tertiary/aromatic N) is 4. The zero-order valence-corrected chi connectivity index (χ0v) is 16.0. The van der Waals surface area contributed by atoms with Crippen molar-refractivity contribution in [2.24, 2.45) is 0 Å². The third-order valence-electron chi connectivity index (χ3n) is 4.68. The number of carbonyl (C=O) groups is 2. The van der Waals surface area contributed by atoms with E-state index in [2.05, 4.69) is 15.3 Å². The van der Waals surface area contributed by atoms with E-state index < -0.39 is 6.04 Å². The quantitative estimate of drug-likeness (QED) is 0.661. The van der Waals surface area contributed by atoms with Gasteiger partial charge < -0.3 is 20.7 Å². The van der Waals surface area contributed by atoms with Crippen LogP contribution in [0.15, 0.2) is 36.8 Å². The first kappa shape index (κ1) is 20.5. The zero-order valence-electron chi connectivity index (χ0n) is 16.0. The molecular formula is C19H23FN6O3. The van der Waals surface area contributed by atoms with Crippen LogP contribution in [0, 0.1) is 5.82 Å². The predicted molar refractivity (Wildman–Crippen MR) is 104 cm³/mol. The molecule has 29 heavy (non-hydrogen) atoms. The highest BCUT2D eigenvalue weighted by Crippen LogP contribution is 2.15. The SMILES string of the molecule is CN1CCN(C(=O)c2cncnc2N)C[C@@H]1C(=O)NCCOc1cccc(F)c1. The Balaban J connectivity index is 1.52. The normalized spacial score (nSPS) is 17.0. The summed E-state index contributed by atoms with van der Waals surface area (Å²) >= 11 is 0. The highest BCUT2D eigenvalue weighted by molar-refractivity contribution is 5.98. The van der Waals surface area contributed by atoms with Gasteiger partial charge in [-0.1, -0.05) is 6.07 Å². The molecule has 0 bridgehead atoms. The predicted octanol–water partition coefficient (Wildman–Crippen LogP) is 0.149. The molecule has 2 aromatic rings. The molecule has 1 aromatic carbocycles. The van der Waals surface area contributed by atoms with Crippen molar-refractivity contribution in [3.8, 4) is 5.75 Å². The molecule has 1 aliphatic rings. The summed E-state index contributed by atoms with van der Waals surface area (Å²) in [5.74, 6) is -0.397. The molecule has 154 valence electrons. The van der Waals surface area contributed by atoms with Gasteiger partial charge in [0.1, 0.15) is 36.4 Å². The fourth-order valence-electron chi connectivity index (χ4n) is 3.03. The molecule has 1 aromatic heterocycles. The van der Waals surface area contributed by atoms with Gasteiger partial charge in [0, 0.05) is 31.9 Å². The minimum Gasteiger partial charge on any atom is -0.492 e. The third-order valence-corrected chi connectivity index (χ3v) is 4.68. The lowest BCUT2D eigenvalue weighted by molar-refractivity contribution is -0.127. The highest BCUT2D eigenvalue weighted by atomic mass is 19.1. The molecule has 0 aliphatic carbocycles. The molecule has 1 fully saturated rings. The lowest BCUT2D eigenvalue weighted by Crippen LogP contribution is -2.59. The minimum absolute atomic E-state index is 0.111. The van der Waals surface area contributed by atoms with Gasteiger partial charge in [0.2, 0.25) is 5.91 Å². The molecule has 10 heteroatoms. The number of hydrogen-bond acceptors (Lipinski definition) is 7. The summed E-state index contributed by atoms with van der Waals surface area (Å²) in [7, 11) is 1.83. The zero-order chi connectivity index (χ0) is 20.8. The fourth-order valence-corrected chi connectivity index (χ4v) is 3.03. The summed E-state index contributed by atoms with van der Waals surface area (Å²) in [4.78, 5) is 36.4. The molecule has 9 nitrogen and oxygen atoms in total. The number of amides is 2. The molecule has 3 N–H and O–H groups in total. The minimum atomic E-state index is -0.507. The summed E-state index contributed by atoms with van der Waals surface area (Å²) in [6.07, 6.45) is 2.65. The highest BCUT2D eigenvalue weighted by Gasteiger charge is 2.33. The van der Waals surface area contributed by atoms with Crippen molar-refractivity contribution in [1.29, 1.82) is 0 Å². The van der Waals surface area contributed by atoms with Crippen molar-refractivity contribution in [2.75, 3.05) is 45.6 Å². The van der Waals surface area contributed by atoms with Crippen LogP contribution in [0.25, 0.3) is 0 Å². The molecule has 2 amide bonds. The van der Waals surface area contributed by atoms with Crippen molar-refractivity contribution in [1.82, 2.24) is 25.1 Å². The van der Waals surface area contributed by atoms with Crippen molar-refractivity contribution < 1.29 is 18.7 Å². The number of benzene rings is 1. The number of hydrogen-bond donors (Lipinski definition) is 2. The summed E-state index contributed by atoms with van der Waals surface area (Å²) in [6, 6.07) is 5.29. The maximum absolute atomic E-state index is 13.1. The van der Waals surface area contributed by atoms with Gasteiger partial charge in [0.05, 0.1) is 12.1 Å². The van der Waals surface area contributed by atoms with Gasteiger partial charge in [-0.2, -0.15) is 0 Å². The molecule has 3 rings (SSSR count). The number of carbonyl (C=O) groups excluding carboxylic acids is 2. The van der Waals surface area contributed by atoms with E-state index in [0.717, 1.165) is 0 Å². The van der Waals surface area contributed by atoms with Gasteiger partial charge in [-0.3, -0.25) is 14.5 Å². The van der Waals surface area contributed by atoms with Crippen LogP contribution in [0.4, 0.5) is 10.2 Å². The maximum Gasteiger partial charge on any atom is 0.259 e. The Morgan fingerprint density at radius 3 is 2.97 bits per heavy atom. The number of rotatable bonds is 6. The Kier molecular flexibility index (Phi) is 6.55. The van der Waals surface area contributed by atoms with Crippen LogP contribution in [0.5, 0.6) is 5.75 Å². The van der Waals surface area contributed by atoms with Crippen LogP contribution in [0.1, 0.15) is 10.4 Å². The summed E-state index contributed by atoms with van der Waals surface area (Å²) in [5, 5.41) is 2.79. The number of nitrogens with two attached hydrogens (primary N) is 1. The Hall–Kier alpha value is -3.27. The Morgan fingerprint density at radius 2 is 2.21 bits per heavy atom. The first-order valence-corrected chi connectivity index (χ1v) is 9.17. The standard InChI is InChI=1S/C19H23FN6O3/c1-25-6-7-26(19(28)15-10-22-12-24-17(15)21)11-16(25)18(27)23-5-8-29-14-4-2-3-13(20)9-14/h2-4,9-10,12,16H,5-8,11H2,1H3,(H,23,27)(H2,21,22,24)/t16-/m1/s1. The molecule has 1 aliphatic heterocycles. The van der Waals surface area contributed by atoms with Gasteiger partial charge in [-0.05, 0) is 19.2 Å². The van der Waals surface area contributed by atoms with Crippen LogP contribution in [-0.4, -0.2) is 77.5 Å². The third kappa shape index (κ3) is 5.17. The molecule has 0 spiro atoms. The van der Waals surface area contributed by atoms with Crippen LogP contribution < -0.4 is 15.8 Å². The molecule has 0 saturated carbocycles. The van der Waals surface area contributed by atoms with Gasteiger partial charge in [-0.25, -0.2) is 14.4 Å². The lowest BCUT2D eigenvalue weighted by atomic mass is 10.1. The van der Waals surface area contributed by atoms with Gasteiger partial charge >= 0.3 is 0 Å². The summed E-state index contributed by atoms with van der Waals surface area (Å²) < 4.78 is 18.6. The van der Waals surface area contributed by atoms with Crippen LogP contribution >= 0.6 is 0 Å². The Morgan fingerprint density at radius 1 is 1.38 bits per heavy atom. The number of aromatic nitrogens is 2. The van der Waals surface area contributed by atoms with Crippen LogP contribution in [0.2, 0.25) is 0 Å². The number of ether oxygens (including phenoxy) is 1. The second-order valence-corrected chi connectivity index (χ2v) is 6.67. The van der Waals surface area contributed by atoms with Gasteiger partial charge in [-0.15, -0.1) is 0 Å². The van der Waals surface area contributed by atoms with Crippen LogP contribution in [0.3, 0.4) is 0 Å². The second kappa shape index (κ2) is 9.28. The number of anilines is 1. The average Bonchev–Trinajstić information content (AvgIpc) is 2.71. The van der Waals surface area contributed by atoms with E-state index in [1.807, 2.05) is 11.9 Å². The molecule has 1 atom stereocenters. The molecule has 0 radical (unpaired) electrons. The molecule has 2 heterocycles. The van der Waals surface area contributed by atoms with Crippen molar-refractivity contribution in [3.05, 3.63) is 48.2 Å². The maximum atomic E-state index is 13.1. The van der Waals surface area contributed by atoms with Gasteiger partial charge in [0.25, 0.3) is 5.91 Å². The van der Waals surface area contributed by atoms with E-state index in [1.165, 1.54) is 24.7 Å². The molecular weight excluding hydrogens is 379 g/mol. The first-order valence-electron chi connectivity index (χ1n) is 9.17. The van der Waals surface area contributed by atoms with E-state index in [-0.39, 0.29) is 48.7 Å². The largest absolute Gasteiger partial charge is 0.492 e. The van der Waals surface area contributed by atoms with E-state index in [4.69, 9.17) is 10.5 Å². The van der Waals surface area contributed by atoms with E-state index in [0.29, 0.717) is 18.8 Å². The number of piperazine rings is 1. The monoisotopic (exact) mass is 402 g/mol. The van der Waals surface area contributed by atoms with E-state index in [9.17, 15) is 14.0 Å². The smallest absolute Gasteiger partial charge is 0.259 e. The first-order chi connectivity index (χ1) is 14.0. The lowest BCUT2D eigenvalue weighted by Gasteiger charge is -2.38. The Labute approximate surface area is 167 Å². The van der Waals surface area contributed by atoms with E-state index in [1.54, 1.807) is 17.0 Å². The number of nitrogens with one attached hydrogen (secondary N) is 1. The molecule has 1 saturated heterocycles. The number of nitrogen functional groups attached to an aromatic ring is 1. The average molecular weight is 402 g/mol. The van der Waals surface area contributed by atoms with Crippen molar-refractivity contribution in [3.63, 3.8) is 0 Å².